The molecule has 2 aromatic carbocycles. The third kappa shape index (κ3) is 3.75. The van der Waals surface area contributed by atoms with Gasteiger partial charge in [0.15, 0.2) is 4.77 Å². The van der Waals surface area contributed by atoms with Crippen LogP contribution >= 0.6 is 12.2 Å². The Bertz CT molecular complexity index is 1180. The highest BCUT2D eigenvalue weighted by Gasteiger charge is 2.23. The van der Waals surface area contributed by atoms with Gasteiger partial charge in [-0.15, -0.1) is 0 Å². The molecule has 2 heterocycles. The lowest BCUT2D eigenvalue weighted by molar-refractivity contribution is 0.0985. The number of methoxy groups -OCH3 is 1. The number of aromatic amines is 1. The second-order valence-corrected chi connectivity index (χ2v) is 7.57. The van der Waals surface area contributed by atoms with Crippen molar-refractivity contribution in [2.24, 2.45) is 0 Å². The summed E-state index contributed by atoms with van der Waals surface area (Å²) in [6, 6.07) is 13.2. The maximum atomic E-state index is 13.2. The Labute approximate surface area is 173 Å². The fraction of sp³-hybridized carbons (Fsp3) is 0.318. The van der Waals surface area contributed by atoms with Crippen LogP contribution in [0.2, 0.25) is 0 Å². The number of anilines is 1. The van der Waals surface area contributed by atoms with Crippen molar-refractivity contribution < 1.29 is 9.53 Å². The molecule has 29 heavy (non-hydrogen) atoms. The Morgan fingerprint density at radius 3 is 2.90 bits per heavy atom. The number of hydrogen-bond donors (Lipinski definition) is 1. The lowest BCUT2D eigenvalue weighted by Gasteiger charge is -2.29. The number of nitrogens with zero attached hydrogens (tertiary/aromatic N) is 2. The number of H-pyrrole nitrogens is 1. The summed E-state index contributed by atoms with van der Waals surface area (Å²) in [5, 5.41) is 0.520. The van der Waals surface area contributed by atoms with Crippen LogP contribution < -0.4 is 10.5 Å². The van der Waals surface area contributed by atoms with E-state index in [1.807, 2.05) is 23.1 Å². The molecule has 0 aliphatic carbocycles. The Hall–Kier alpha value is -2.77. The number of ether oxygens (including phenoxy) is 1. The predicted molar refractivity (Wildman–Crippen MR) is 116 cm³/mol. The van der Waals surface area contributed by atoms with Gasteiger partial charge in [0.1, 0.15) is 0 Å². The number of hydrogen-bond acceptors (Lipinski definition) is 4. The van der Waals surface area contributed by atoms with Crippen LogP contribution in [0.1, 0.15) is 28.8 Å². The highest BCUT2D eigenvalue weighted by molar-refractivity contribution is 7.71. The number of amides is 1. The molecule has 1 N–H and O–H groups in total. The van der Waals surface area contributed by atoms with E-state index < -0.39 is 0 Å². The first kappa shape index (κ1) is 19.5. The summed E-state index contributed by atoms with van der Waals surface area (Å²) in [4.78, 5) is 31.0. The van der Waals surface area contributed by atoms with Crippen molar-refractivity contribution in [2.75, 3.05) is 25.2 Å². The van der Waals surface area contributed by atoms with E-state index in [0.29, 0.717) is 47.4 Å². The van der Waals surface area contributed by atoms with Gasteiger partial charge < -0.3 is 14.6 Å². The molecule has 4 rings (SSSR count). The minimum atomic E-state index is -0.151. The van der Waals surface area contributed by atoms with Crippen molar-refractivity contribution in [1.82, 2.24) is 9.55 Å². The molecule has 0 fully saturated rings. The highest BCUT2D eigenvalue weighted by atomic mass is 32.1. The average Bonchev–Trinajstić information content (AvgIpc) is 2.74. The number of carbonyl (C=O) groups excluding carboxylic acids is 1. The SMILES string of the molecule is COCCCn1c(=S)[nH]c2cc(C(=O)N3CCCc4ccccc43)ccc2c1=O. The average molecular weight is 410 g/mol. The van der Waals surface area contributed by atoms with E-state index in [4.69, 9.17) is 17.0 Å². The van der Waals surface area contributed by atoms with Gasteiger partial charge in [0.25, 0.3) is 11.5 Å². The molecule has 0 saturated carbocycles. The molecule has 1 aromatic heterocycles. The number of fused-ring (bicyclic) bond motifs is 2. The molecular weight excluding hydrogens is 386 g/mol. The quantitative estimate of drug-likeness (QED) is 0.516. The summed E-state index contributed by atoms with van der Waals surface area (Å²) in [5.74, 6) is -0.0670. The lowest BCUT2D eigenvalue weighted by Crippen LogP contribution is -2.35. The van der Waals surface area contributed by atoms with Gasteiger partial charge in [-0.1, -0.05) is 18.2 Å². The molecule has 0 spiro atoms. The third-order valence-corrected chi connectivity index (χ3v) is 5.64. The summed E-state index contributed by atoms with van der Waals surface area (Å²) in [6.45, 7) is 1.73. The van der Waals surface area contributed by atoms with E-state index in [1.54, 1.807) is 29.9 Å². The van der Waals surface area contributed by atoms with E-state index in [2.05, 4.69) is 11.1 Å². The summed E-state index contributed by atoms with van der Waals surface area (Å²) in [6.07, 6.45) is 2.61. The largest absolute Gasteiger partial charge is 0.385 e. The predicted octanol–water partition coefficient (Wildman–Crippen LogP) is 3.69. The molecule has 0 bridgehead atoms. The van der Waals surface area contributed by atoms with Crippen molar-refractivity contribution in [3.63, 3.8) is 0 Å². The zero-order valence-electron chi connectivity index (χ0n) is 16.3. The van der Waals surface area contributed by atoms with Crippen molar-refractivity contribution in [3.8, 4) is 0 Å². The summed E-state index contributed by atoms with van der Waals surface area (Å²) in [7, 11) is 1.63. The monoisotopic (exact) mass is 409 g/mol. The smallest absolute Gasteiger partial charge is 0.262 e. The first-order valence-corrected chi connectivity index (χ1v) is 10.2. The molecule has 150 valence electrons. The minimum Gasteiger partial charge on any atom is -0.385 e. The third-order valence-electron chi connectivity index (χ3n) is 5.31. The van der Waals surface area contributed by atoms with Crippen LogP contribution in [0, 0.1) is 4.77 Å². The Kier molecular flexibility index (Phi) is 5.60. The van der Waals surface area contributed by atoms with Crippen LogP contribution in [0.3, 0.4) is 0 Å². The molecule has 0 unspecified atom stereocenters. The Morgan fingerprint density at radius 2 is 2.07 bits per heavy atom. The summed E-state index contributed by atoms with van der Waals surface area (Å²) in [5.41, 5.74) is 3.12. The van der Waals surface area contributed by atoms with E-state index >= 15 is 0 Å². The van der Waals surface area contributed by atoms with Crippen molar-refractivity contribution in [2.45, 2.75) is 25.8 Å². The first-order valence-electron chi connectivity index (χ1n) is 9.76. The van der Waals surface area contributed by atoms with Crippen LogP contribution in [-0.4, -0.2) is 35.7 Å². The topological polar surface area (TPSA) is 67.3 Å². The fourth-order valence-corrected chi connectivity index (χ4v) is 4.14. The van der Waals surface area contributed by atoms with Crippen LogP contribution in [0.25, 0.3) is 10.9 Å². The van der Waals surface area contributed by atoms with E-state index in [1.165, 1.54) is 5.56 Å². The van der Waals surface area contributed by atoms with Crippen molar-refractivity contribution in [1.29, 1.82) is 0 Å². The van der Waals surface area contributed by atoms with E-state index in [9.17, 15) is 9.59 Å². The summed E-state index contributed by atoms with van der Waals surface area (Å²) >= 11 is 5.37. The fourth-order valence-electron chi connectivity index (χ4n) is 3.86. The standard InChI is InChI=1S/C22H23N3O3S/c1-28-13-5-12-25-21(27)17-10-9-16(14-18(17)23-22(25)29)20(26)24-11-4-7-15-6-2-3-8-19(15)24/h2-3,6,8-10,14H,4-5,7,11-13H2,1H3,(H,23,29). The Morgan fingerprint density at radius 1 is 1.24 bits per heavy atom. The molecule has 7 heteroatoms. The van der Waals surface area contributed by atoms with Crippen LogP contribution in [0.4, 0.5) is 5.69 Å². The van der Waals surface area contributed by atoms with Crippen LogP contribution in [-0.2, 0) is 17.7 Å². The Balaban J connectivity index is 1.70. The molecule has 0 atom stereocenters. The normalized spacial score (nSPS) is 13.5. The number of nitrogens with one attached hydrogen (secondary N) is 1. The minimum absolute atomic E-state index is 0.0670. The van der Waals surface area contributed by atoms with Gasteiger partial charge in [0, 0.05) is 38.1 Å². The van der Waals surface area contributed by atoms with Gasteiger partial charge >= 0.3 is 0 Å². The van der Waals surface area contributed by atoms with E-state index in [0.717, 1.165) is 18.5 Å². The zero-order chi connectivity index (χ0) is 20.4. The molecular formula is C22H23N3O3S. The van der Waals surface area contributed by atoms with Gasteiger partial charge in [0.2, 0.25) is 0 Å². The molecule has 6 nitrogen and oxygen atoms in total. The van der Waals surface area contributed by atoms with Gasteiger partial charge in [-0.25, -0.2) is 0 Å². The maximum Gasteiger partial charge on any atom is 0.262 e. The number of para-hydroxylation sites is 1. The second kappa shape index (κ2) is 8.31. The van der Waals surface area contributed by atoms with Crippen molar-refractivity contribution in [3.05, 3.63) is 68.7 Å². The number of carbonyl (C=O) groups is 1. The molecule has 1 aliphatic rings. The molecule has 1 amide bonds. The van der Waals surface area contributed by atoms with Crippen molar-refractivity contribution >= 4 is 34.7 Å². The zero-order valence-corrected chi connectivity index (χ0v) is 17.1. The second-order valence-electron chi connectivity index (χ2n) is 7.18. The number of benzene rings is 2. The van der Waals surface area contributed by atoms with Gasteiger partial charge in [-0.2, -0.15) is 0 Å². The lowest BCUT2D eigenvalue weighted by atomic mass is 10.0. The van der Waals surface area contributed by atoms with Gasteiger partial charge in [0.05, 0.1) is 10.9 Å². The van der Waals surface area contributed by atoms with E-state index in [-0.39, 0.29) is 11.5 Å². The van der Waals surface area contributed by atoms with Gasteiger partial charge in [-0.05, 0) is 61.3 Å². The number of aromatic nitrogens is 2. The maximum absolute atomic E-state index is 13.2. The molecule has 0 radical (unpaired) electrons. The van der Waals surface area contributed by atoms with Crippen LogP contribution in [0.15, 0.2) is 47.3 Å². The summed E-state index contributed by atoms with van der Waals surface area (Å²) < 4.78 is 6.95. The highest BCUT2D eigenvalue weighted by Crippen LogP contribution is 2.28. The molecule has 0 saturated heterocycles. The molecule has 1 aliphatic heterocycles. The first-order chi connectivity index (χ1) is 14.1. The number of aryl methyl sites for hydroxylation is 1. The van der Waals surface area contributed by atoms with Crippen LogP contribution in [0.5, 0.6) is 0 Å². The molecule has 3 aromatic rings. The number of rotatable bonds is 5. The van der Waals surface area contributed by atoms with Gasteiger partial charge in [-0.3, -0.25) is 14.2 Å².